The number of rotatable bonds is 2. The molecule has 0 atom stereocenters. The van der Waals surface area contributed by atoms with Crippen LogP contribution in [0.15, 0.2) is 24.3 Å². The second-order valence-electron chi connectivity index (χ2n) is 2.76. The Bertz CT molecular complexity index is 368. The fourth-order valence-corrected chi connectivity index (χ4v) is 1.34. The van der Waals surface area contributed by atoms with Crippen LogP contribution in [0.1, 0.15) is 11.1 Å². The highest BCUT2D eigenvalue weighted by molar-refractivity contribution is 9.09. The Morgan fingerprint density at radius 1 is 1.27 bits per heavy atom. The molecule has 0 saturated carbocycles. The third kappa shape index (κ3) is 3.06. The van der Waals surface area contributed by atoms with Gasteiger partial charge in [-0.1, -0.05) is 40.2 Å². The molecule has 0 nitrogen and oxygen atoms in total. The largest absolute Gasteiger partial charge is 0.419 e. The predicted octanol–water partition coefficient (Wildman–Crippen LogP) is 4.25. The average molecular weight is 283 g/mol. The van der Waals surface area contributed by atoms with Gasteiger partial charge in [-0.2, -0.15) is 13.2 Å². The van der Waals surface area contributed by atoms with Crippen molar-refractivity contribution in [1.82, 2.24) is 0 Å². The zero-order valence-corrected chi connectivity index (χ0v) is 9.07. The Hall–Kier alpha value is -0.840. The third-order valence-corrected chi connectivity index (χ3v) is 2.09. The summed E-state index contributed by atoms with van der Waals surface area (Å²) in [5.74, 6) is -1.25. The van der Waals surface area contributed by atoms with Crippen LogP contribution in [0.5, 0.6) is 0 Å². The first-order valence-electron chi connectivity index (χ1n) is 4.05. The molecule has 1 rings (SSSR count). The molecular formula is C10H7BrF4. The van der Waals surface area contributed by atoms with Crippen molar-refractivity contribution >= 4 is 22.0 Å². The van der Waals surface area contributed by atoms with Crippen molar-refractivity contribution in [3.63, 3.8) is 0 Å². The molecule has 0 saturated heterocycles. The molecule has 1 aromatic rings. The molecule has 0 N–H and O–H groups in total. The topological polar surface area (TPSA) is 0 Å². The van der Waals surface area contributed by atoms with Gasteiger partial charge in [0.05, 0.1) is 5.56 Å². The number of benzene rings is 1. The molecule has 0 aliphatic heterocycles. The summed E-state index contributed by atoms with van der Waals surface area (Å²) < 4.78 is 50.4. The molecular weight excluding hydrogens is 276 g/mol. The monoisotopic (exact) mass is 282 g/mol. The van der Waals surface area contributed by atoms with Gasteiger partial charge in [0, 0.05) is 5.33 Å². The first-order valence-corrected chi connectivity index (χ1v) is 5.17. The molecule has 0 amide bonds. The summed E-state index contributed by atoms with van der Waals surface area (Å²) in [5, 5.41) is 0.417. The van der Waals surface area contributed by atoms with E-state index in [9.17, 15) is 17.6 Å². The van der Waals surface area contributed by atoms with Crippen molar-refractivity contribution < 1.29 is 17.6 Å². The minimum atomic E-state index is -4.67. The molecule has 0 aromatic heterocycles. The second-order valence-corrected chi connectivity index (χ2v) is 3.41. The Morgan fingerprint density at radius 3 is 2.47 bits per heavy atom. The maximum Gasteiger partial charge on any atom is 0.419 e. The summed E-state index contributed by atoms with van der Waals surface area (Å²) in [5.41, 5.74) is -1.39. The fraction of sp³-hybridized carbons (Fsp3) is 0.200. The van der Waals surface area contributed by atoms with Crippen molar-refractivity contribution in [3.05, 3.63) is 41.2 Å². The number of halogens is 5. The Kier molecular flexibility index (Phi) is 3.90. The van der Waals surface area contributed by atoms with Gasteiger partial charge in [0.25, 0.3) is 0 Å². The van der Waals surface area contributed by atoms with Gasteiger partial charge in [0.15, 0.2) is 0 Å². The van der Waals surface area contributed by atoms with E-state index in [2.05, 4.69) is 15.9 Å². The molecule has 82 valence electrons. The third-order valence-electron chi connectivity index (χ3n) is 1.72. The summed E-state index contributed by atoms with van der Waals surface area (Å²) in [6, 6.07) is 3.28. The fourth-order valence-electron chi connectivity index (χ4n) is 1.15. The van der Waals surface area contributed by atoms with Crippen LogP contribution in [-0.2, 0) is 6.18 Å². The Morgan fingerprint density at radius 2 is 1.93 bits per heavy atom. The SMILES string of the molecule is Fc1cccc(C=CCBr)c1C(F)(F)F. The Balaban J connectivity index is 3.27. The van der Waals surface area contributed by atoms with Gasteiger partial charge >= 0.3 is 6.18 Å². The van der Waals surface area contributed by atoms with Crippen LogP contribution < -0.4 is 0 Å². The summed E-state index contributed by atoms with van der Waals surface area (Å²) >= 11 is 3.04. The zero-order valence-electron chi connectivity index (χ0n) is 7.48. The predicted molar refractivity (Wildman–Crippen MR) is 54.2 cm³/mol. The van der Waals surface area contributed by atoms with E-state index in [1.807, 2.05) is 0 Å². The molecule has 15 heavy (non-hydrogen) atoms. The smallest absolute Gasteiger partial charge is 0.206 e. The van der Waals surface area contributed by atoms with Crippen molar-refractivity contribution in [2.75, 3.05) is 5.33 Å². The molecule has 0 aliphatic carbocycles. The van der Waals surface area contributed by atoms with E-state index in [0.29, 0.717) is 5.33 Å². The van der Waals surface area contributed by atoms with Gasteiger partial charge in [-0.3, -0.25) is 0 Å². The van der Waals surface area contributed by atoms with Gasteiger partial charge in [-0.15, -0.1) is 0 Å². The van der Waals surface area contributed by atoms with E-state index in [-0.39, 0.29) is 5.56 Å². The van der Waals surface area contributed by atoms with Gasteiger partial charge in [0.1, 0.15) is 5.82 Å². The number of allylic oxidation sites excluding steroid dienone is 1. The minimum absolute atomic E-state index is 0.165. The number of hydrogen-bond donors (Lipinski definition) is 0. The van der Waals surface area contributed by atoms with E-state index in [1.165, 1.54) is 24.3 Å². The van der Waals surface area contributed by atoms with Crippen LogP contribution >= 0.6 is 15.9 Å². The van der Waals surface area contributed by atoms with E-state index in [4.69, 9.17) is 0 Å². The van der Waals surface area contributed by atoms with Crippen molar-refractivity contribution in [1.29, 1.82) is 0 Å². The Labute approximate surface area is 92.7 Å². The molecule has 0 spiro atoms. The summed E-state index contributed by atoms with van der Waals surface area (Å²) in [4.78, 5) is 0. The standard InChI is InChI=1S/C10H7BrF4/c11-6-2-4-7-3-1-5-8(12)9(7)10(13,14)15/h1-5H,6H2. The minimum Gasteiger partial charge on any atom is -0.206 e. The van der Waals surface area contributed by atoms with E-state index in [1.54, 1.807) is 0 Å². The average Bonchev–Trinajstić information content (AvgIpc) is 2.12. The summed E-state index contributed by atoms with van der Waals surface area (Å²) in [6.45, 7) is 0. The maximum atomic E-state index is 13.0. The highest BCUT2D eigenvalue weighted by Gasteiger charge is 2.35. The lowest BCUT2D eigenvalue weighted by molar-refractivity contribution is -0.140. The molecule has 5 heteroatoms. The zero-order chi connectivity index (χ0) is 11.5. The quantitative estimate of drug-likeness (QED) is 0.562. The van der Waals surface area contributed by atoms with Crippen LogP contribution in [0.2, 0.25) is 0 Å². The van der Waals surface area contributed by atoms with Crippen LogP contribution in [0, 0.1) is 5.82 Å². The lowest BCUT2D eigenvalue weighted by atomic mass is 10.1. The molecule has 0 aliphatic rings. The summed E-state index contributed by atoms with van der Waals surface area (Å²) in [7, 11) is 0. The van der Waals surface area contributed by atoms with Gasteiger partial charge in [0.2, 0.25) is 0 Å². The van der Waals surface area contributed by atoms with E-state index >= 15 is 0 Å². The number of alkyl halides is 4. The van der Waals surface area contributed by atoms with Crippen molar-refractivity contribution in [3.8, 4) is 0 Å². The molecule has 0 unspecified atom stereocenters. The van der Waals surface area contributed by atoms with Crippen LogP contribution in [0.3, 0.4) is 0 Å². The van der Waals surface area contributed by atoms with Gasteiger partial charge in [-0.05, 0) is 11.6 Å². The maximum absolute atomic E-state index is 13.0. The van der Waals surface area contributed by atoms with Crippen LogP contribution in [-0.4, -0.2) is 5.33 Å². The molecule has 0 radical (unpaired) electrons. The molecule has 0 heterocycles. The van der Waals surface area contributed by atoms with Crippen molar-refractivity contribution in [2.24, 2.45) is 0 Å². The van der Waals surface area contributed by atoms with Gasteiger partial charge in [-0.25, -0.2) is 4.39 Å². The first-order chi connectivity index (χ1) is 6.96. The lowest BCUT2D eigenvalue weighted by Crippen LogP contribution is -2.10. The number of hydrogen-bond acceptors (Lipinski definition) is 0. The molecule has 0 fully saturated rings. The van der Waals surface area contributed by atoms with Crippen molar-refractivity contribution in [2.45, 2.75) is 6.18 Å². The first kappa shape index (κ1) is 12.2. The highest BCUT2D eigenvalue weighted by Crippen LogP contribution is 2.34. The normalized spacial score (nSPS) is 12.3. The molecule has 0 bridgehead atoms. The summed E-state index contributed by atoms with van der Waals surface area (Å²) in [6.07, 6.45) is -1.96. The lowest BCUT2D eigenvalue weighted by Gasteiger charge is -2.10. The highest BCUT2D eigenvalue weighted by atomic mass is 79.9. The van der Waals surface area contributed by atoms with Crippen LogP contribution in [0.25, 0.3) is 6.08 Å². The second kappa shape index (κ2) is 4.79. The van der Waals surface area contributed by atoms with E-state index < -0.39 is 17.6 Å². The van der Waals surface area contributed by atoms with Gasteiger partial charge < -0.3 is 0 Å². The molecule has 1 aromatic carbocycles. The van der Waals surface area contributed by atoms with E-state index in [0.717, 1.165) is 6.07 Å². The van der Waals surface area contributed by atoms with Crippen LogP contribution in [0.4, 0.5) is 17.6 Å².